The fourth-order valence-corrected chi connectivity index (χ4v) is 2.37. The minimum atomic E-state index is -4.71. The van der Waals surface area contributed by atoms with E-state index in [4.69, 9.17) is 11.6 Å². The van der Waals surface area contributed by atoms with E-state index in [1.165, 1.54) is 7.05 Å². The molecule has 0 spiro atoms. The number of hydrogen-bond donors (Lipinski definition) is 1. The molecule has 8 heteroatoms. The van der Waals surface area contributed by atoms with Crippen LogP contribution in [0.5, 0.6) is 0 Å². The predicted molar refractivity (Wildman–Crippen MR) is 75.5 cm³/mol. The maximum Gasteiger partial charge on any atom is 0.436 e. The number of nitrogens with one attached hydrogen (secondary N) is 1. The molecule has 1 amide bonds. The van der Waals surface area contributed by atoms with Crippen molar-refractivity contribution in [1.29, 1.82) is 0 Å². The molecule has 0 aliphatic carbocycles. The number of benzene rings is 1. The van der Waals surface area contributed by atoms with Crippen molar-refractivity contribution in [3.05, 3.63) is 52.3 Å². The van der Waals surface area contributed by atoms with E-state index in [-0.39, 0.29) is 11.7 Å². The molecule has 0 aliphatic rings. The first-order valence-corrected chi connectivity index (χ1v) is 6.75. The third-order valence-electron chi connectivity index (χ3n) is 3.12. The number of aryl methyl sites for hydroxylation is 1. The van der Waals surface area contributed by atoms with Gasteiger partial charge in [-0.25, -0.2) is 0 Å². The highest BCUT2D eigenvalue weighted by Gasteiger charge is 2.39. The third-order valence-corrected chi connectivity index (χ3v) is 3.48. The zero-order chi connectivity index (χ0) is 16.5. The molecule has 118 valence electrons. The second-order valence-corrected chi connectivity index (χ2v) is 5.12. The highest BCUT2D eigenvalue weighted by atomic mass is 35.5. The summed E-state index contributed by atoms with van der Waals surface area (Å²) in [4.78, 5) is 12.2. The molecule has 4 nitrogen and oxygen atoms in total. The van der Waals surface area contributed by atoms with Crippen molar-refractivity contribution in [2.24, 2.45) is 7.05 Å². The number of carbonyl (C=O) groups is 1. The summed E-state index contributed by atoms with van der Waals surface area (Å²) in [7, 11) is 1.24. The summed E-state index contributed by atoms with van der Waals surface area (Å²) in [6.07, 6.45) is -4.71. The van der Waals surface area contributed by atoms with E-state index in [1.807, 2.05) is 6.07 Å². The predicted octanol–water partition coefficient (Wildman–Crippen LogP) is 3.58. The highest BCUT2D eigenvalue weighted by Crippen LogP contribution is 2.35. The molecule has 22 heavy (non-hydrogen) atoms. The van der Waals surface area contributed by atoms with Crippen LogP contribution in [0.25, 0.3) is 0 Å². The standard InChI is InChI=1S/C14H13ClF3N3O/c1-8(9-6-4-3-5-7-9)19-13(22)11-10(15)12(14(16,17)18)20-21(11)2/h3-8H,1-2H3,(H,19,22). The van der Waals surface area contributed by atoms with E-state index in [9.17, 15) is 18.0 Å². The normalized spacial score (nSPS) is 13.0. The molecule has 1 aromatic carbocycles. The molecular formula is C14H13ClF3N3O. The smallest absolute Gasteiger partial charge is 0.344 e. The van der Waals surface area contributed by atoms with Gasteiger partial charge < -0.3 is 5.32 Å². The lowest BCUT2D eigenvalue weighted by Gasteiger charge is -2.14. The molecule has 0 radical (unpaired) electrons. The summed E-state index contributed by atoms with van der Waals surface area (Å²) in [6, 6.07) is 8.65. The lowest BCUT2D eigenvalue weighted by Crippen LogP contribution is -2.28. The van der Waals surface area contributed by atoms with Crippen molar-refractivity contribution in [3.8, 4) is 0 Å². The van der Waals surface area contributed by atoms with Gasteiger partial charge >= 0.3 is 6.18 Å². The summed E-state index contributed by atoms with van der Waals surface area (Å²) in [5.41, 5.74) is -0.767. The zero-order valence-electron chi connectivity index (χ0n) is 11.8. The van der Waals surface area contributed by atoms with Crippen LogP contribution in [0.3, 0.4) is 0 Å². The molecule has 0 bridgehead atoms. The molecule has 2 aromatic rings. The number of hydrogen-bond acceptors (Lipinski definition) is 2. The molecule has 0 saturated carbocycles. The van der Waals surface area contributed by atoms with Gasteiger partial charge in [0.25, 0.3) is 5.91 Å². The van der Waals surface area contributed by atoms with E-state index >= 15 is 0 Å². The second-order valence-electron chi connectivity index (χ2n) is 4.74. The first-order chi connectivity index (χ1) is 10.2. The Kier molecular flexibility index (Phi) is 4.46. The summed E-state index contributed by atoms with van der Waals surface area (Å²) >= 11 is 5.67. The number of halogens is 4. The van der Waals surface area contributed by atoms with E-state index in [1.54, 1.807) is 31.2 Å². The van der Waals surface area contributed by atoms with Crippen molar-refractivity contribution in [3.63, 3.8) is 0 Å². The average Bonchev–Trinajstić information content (AvgIpc) is 2.75. The lowest BCUT2D eigenvalue weighted by molar-refractivity contribution is -0.141. The molecule has 2 rings (SSSR count). The fourth-order valence-electron chi connectivity index (χ4n) is 2.02. The topological polar surface area (TPSA) is 46.9 Å². The van der Waals surface area contributed by atoms with Crippen LogP contribution < -0.4 is 5.32 Å². The van der Waals surface area contributed by atoms with Crippen LogP contribution in [-0.4, -0.2) is 15.7 Å². The first kappa shape index (κ1) is 16.4. The van der Waals surface area contributed by atoms with Crippen LogP contribution >= 0.6 is 11.6 Å². The maximum absolute atomic E-state index is 12.7. The molecule has 0 saturated heterocycles. The van der Waals surface area contributed by atoms with Gasteiger partial charge in [-0.15, -0.1) is 0 Å². The van der Waals surface area contributed by atoms with Gasteiger partial charge in [0.05, 0.1) is 6.04 Å². The van der Waals surface area contributed by atoms with Gasteiger partial charge in [-0.1, -0.05) is 41.9 Å². The highest BCUT2D eigenvalue weighted by molar-refractivity contribution is 6.34. The van der Waals surface area contributed by atoms with Gasteiger partial charge in [0, 0.05) is 7.05 Å². The van der Waals surface area contributed by atoms with Gasteiger partial charge in [-0.05, 0) is 12.5 Å². The Balaban J connectivity index is 2.26. The molecular weight excluding hydrogens is 319 g/mol. The number of alkyl halides is 3. The molecule has 1 unspecified atom stereocenters. The molecule has 0 aliphatic heterocycles. The fraction of sp³-hybridized carbons (Fsp3) is 0.286. The molecule has 1 aromatic heterocycles. The van der Waals surface area contributed by atoms with Crippen LogP contribution in [0.15, 0.2) is 30.3 Å². The van der Waals surface area contributed by atoms with Crippen molar-refractivity contribution in [2.45, 2.75) is 19.1 Å². The number of carbonyl (C=O) groups excluding carboxylic acids is 1. The molecule has 1 atom stereocenters. The summed E-state index contributed by atoms with van der Waals surface area (Å²) in [5.74, 6) is -0.716. The Morgan fingerprint density at radius 3 is 2.41 bits per heavy atom. The minimum absolute atomic E-state index is 0.322. The molecule has 0 fully saturated rings. The van der Waals surface area contributed by atoms with Crippen LogP contribution in [0, 0.1) is 0 Å². The van der Waals surface area contributed by atoms with E-state index in [2.05, 4.69) is 10.4 Å². The zero-order valence-corrected chi connectivity index (χ0v) is 12.5. The monoisotopic (exact) mass is 331 g/mol. The van der Waals surface area contributed by atoms with Crippen LogP contribution in [0.1, 0.15) is 34.7 Å². The molecule has 1 N–H and O–H groups in total. The second kappa shape index (κ2) is 6.00. The largest absolute Gasteiger partial charge is 0.436 e. The Morgan fingerprint density at radius 1 is 1.32 bits per heavy atom. The molecule has 1 heterocycles. The van der Waals surface area contributed by atoms with Crippen molar-refractivity contribution < 1.29 is 18.0 Å². The van der Waals surface area contributed by atoms with Gasteiger partial charge in [-0.2, -0.15) is 18.3 Å². The number of rotatable bonds is 3. The Morgan fingerprint density at radius 2 is 1.91 bits per heavy atom. The maximum atomic E-state index is 12.7. The van der Waals surface area contributed by atoms with E-state index in [0.717, 1.165) is 10.2 Å². The third kappa shape index (κ3) is 3.24. The lowest BCUT2D eigenvalue weighted by atomic mass is 10.1. The number of amides is 1. The summed E-state index contributed by atoms with van der Waals surface area (Å²) in [5, 5.41) is 5.19. The Labute approximate surface area is 129 Å². The van der Waals surface area contributed by atoms with Crippen LogP contribution in [0.4, 0.5) is 13.2 Å². The Hall–Kier alpha value is -2.02. The summed E-state index contributed by atoms with van der Waals surface area (Å²) in [6.45, 7) is 1.72. The van der Waals surface area contributed by atoms with E-state index in [0.29, 0.717) is 0 Å². The number of nitrogens with zero attached hydrogens (tertiary/aromatic N) is 2. The number of aromatic nitrogens is 2. The van der Waals surface area contributed by atoms with Crippen molar-refractivity contribution in [2.75, 3.05) is 0 Å². The van der Waals surface area contributed by atoms with Crippen LogP contribution in [-0.2, 0) is 13.2 Å². The van der Waals surface area contributed by atoms with E-state index < -0.39 is 22.8 Å². The van der Waals surface area contributed by atoms with Crippen LogP contribution in [0.2, 0.25) is 5.02 Å². The Bertz CT molecular complexity index is 683. The minimum Gasteiger partial charge on any atom is -0.344 e. The average molecular weight is 332 g/mol. The summed E-state index contributed by atoms with van der Waals surface area (Å²) < 4.78 is 39.1. The van der Waals surface area contributed by atoms with Gasteiger partial charge in [0.1, 0.15) is 10.7 Å². The quantitative estimate of drug-likeness (QED) is 0.934. The van der Waals surface area contributed by atoms with Gasteiger partial charge in [0.15, 0.2) is 5.69 Å². The van der Waals surface area contributed by atoms with Gasteiger partial charge in [-0.3, -0.25) is 9.48 Å². The SMILES string of the molecule is CC(NC(=O)c1c(Cl)c(C(F)(F)F)nn1C)c1ccccc1. The van der Waals surface area contributed by atoms with Crippen molar-refractivity contribution in [1.82, 2.24) is 15.1 Å². The van der Waals surface area contributed by atoms with Crippen molar-refractivity contribution >= 4 is 17.5 Å². The first-order valence-electron chi connectivity index (χ1n) is 6.37. The van der Waals surface area contributed by atoms with Gasteiger partial charge in [0.2, 0.25) is 0 Å².